The van der Waals surface area contributed by atoms with E-state index >= 15 is 0 Å². The van der Waals surface area contributed by atoms with Gasteiger partial charge in [-0.2, -0.15) is 0 Å². The highest BCUT2D eigenvalue weighted by atomic mass is 16.5. The fourth-order valence-corrected chi connectivity index (χ4v) is 1.62. The van der Waals surface area contributed by atoms with Crippen molar-refractivity contribution in [3.8, 4) is 22.8 Å². The minimum atomic E-state index is 0.291. The van der Waals surface area contributed by atoms with Crippen LogP contribution < -0.4 is 9.47 Å². The Hall–Kier alpha value is -2.04. The van der Waals surface area contributed by atoms with E-state index in [4.69, 9.17) is 9.47 Å². The van der Waals surface area contributed by atoms with Gasteiger partial charge < -0.3 is 9.47 Å². The summed E-state index contributed by atoms with van der Waals surface area (Å²) in [5.74, 6) is 1.48. The quantitative estimate of drug-likeness (QED) is 0.833. The summed E-state index contributed by atoms with van der Waals surface area (Å²) in [5, 5.41) is 8.25. The summed E-state index contributed by atoms with van der Waals surface area (Å²) in [6.07, 6.45) is 1.92. The summed E-state index contributed by atoms with van der Waals surface area (Å²) in [4.78, 5) is 0. The second kappa shape index (κ2) is 5.08. The highest BCUT2D eigenvalue weighted by Gasteiger charge is 2.09. The lowest BCUT2D eigenvalue weighted by atomic mass is 10.1. The molecule has 0 amide bonds. The van der Waals surface area contributed by atoms with Gasteiger partial charge in [-0.05, 0) is 26.0 Å². The van der Waals surface area contributed by atoms with Crippen molar-refractivity contribution in [2.24, 2.45) is 0 Å². The van der Waals surface area contributed by atoms with Crippen LogP contribution in [0.4, 0.5) is 0 Å². The van der Waals surface area contributed by atoms with Gasteiger partial charge in [0.05, 0.1) is 20.4 Å². The van der Waals surface area contributed by atoms with Gasteiger partial charge in [0.1, 0.15) is 17.2 Å². The molecule has 5 nitrogen and oxygen atoms in total. The third-order valence-corrected chi connectivity index (χ3v) is 2.69. The zero-order valence-corrected chi connectivity index (χ0v) is 11.0. The minimum Gasteiger partial charge on any atom is -0.497 e. The van der Waals surface area contributed by atoms with Crippen molar-refractivity contribution in [2.75, 3.05) is 14.2 Å². The Kier molecular flexibility index (Phi) is 3.50. The first kappa shape index (κ1) is 12.4. The van der Waals surface area contributed by atoms with E-state index in [2.05, 4.69) is 24.2 Å². The van der Waals surface area contributed by atoms with E-state index in [0.29, 0.717) is 6.04 Å². The maximum Gasteiger partial charge on any atom is 0.123 e. The van der Waals surface area contributed by atoms with Crippen molar-refractivity contribution < 1.29 is 9.47 Å². The molecule has 1 heterocycles. The Labute approximate surface area is 106 Å². The van der Waals surface area contributed by atoms with E-state index in [1.54, 1.807) is 14.2 Å². The molecular formula is C13H17N3O2. The second-order valence-corrected chi connectivity index (χ2v) is 4.28. The molecule has 0 saturated carbocycles. The van der Waals surface area contributed by atoms with Gasteiger partial charge in [-0.15, -0.1) is 5.10 Å². The monoisotopic (exact) mass is 247 g/mol. The van der Waals surface area contributed by atoms with Gasteiger partial charge in [-0.3, -0.25) is 0 Å². The molecule has 0 aliphatic heterocycles. The van der Waals surface area contributed by atoms with Gasteiger partial charge in [-0.1, -0.05) is 5.21 Å². The summed E-state index contributed by atoms with van der Waals surface area (Å²) in [6, 6.07) is 5.95. The number of nitrogens with zero attached hydrogens (tertiary/aromatic N) is 3. The molecule has 0 fully saturated rings. The van der Waals surface area contributed by atoms with E-state index in [-0.39, 0.29) is 0 Å². The normalized spacial score (nSPS) is 10.7. The lowest BCUT2D eigenvalue weighted by Crippen LogP contribution is -2.00. The highest BCUT2D eigenvalue weighted by Crippen LogP contribution is 2.28. The molecule has 1 aromatic heterocycles. The molecule has 0 saturated heterocycles. The molecule has 0 unspecified atom stereocenters. The van der Waals surface area contributed by atoms with Gasteiger partial charge in [0, 0.05) is 17.7 Å². The summed E-state index contributed by atoms with van der Waals surface area (Å²) >= 11 is 0. The first-order valence-electron chi connectivity index (χ1n) is 5.79. The SMILES string of the molecule is COc1cc(OC)cc(-c2cn(C(C)C)nn2)c1. The molecule has 5 heteroatoms. The van der Waals surface area contributed by atoms with Crippen molar-refractivity contribution in [3.05, 3.63) is 24.4 Å². The molecule has 0 aliphatic carbocycles. The highest BCUT2D eigenvalue weighted by molar-refractivity contribution is 5.62. The van der Waals surface area contributed by atoms with Gasteiger partial charge in [0.2, 0.25) is 0 Å². The van der Waals surface area contributed by atoms with Crippen LogP contribution in [0.5, 0.6) is 11.5 Å². The Morgan fingerprint density at radius 2 is 1.67 bits per heavy atom. The van der Waals surface area contributed by atoms with Crippen LogP contribution in [-0.2, 0) is 0 Å². The van der Waals surface area contributed by atoms with Crippen molar-refractivity contribution >= 4 is 0 Å². The van der Waals surface area contributed by atoms with E-state index in [0.717, 1.165) is 22.8 Å². The number of ether oxygens (including phenoxy) is 2. The fraction of sp³-hybridized carbons (Fsp3) is 0.385. The first-order chi connectivity index (χ1) is 8.63. The van der Waals surface area contributed by atoms with Crippen LogP contribution in [0.2, 0.25) is 0 Å². The van der Waals surface area contributed by atoms with E-state index in [1.807, 2.05) is 29.1 Å². The molecule has 0 bridgehead atoms. The van der Waals surface area contributed by atoms with E-state index in [9.17, 15) is 0 Å². The largest absolute Gasteiger partial charge is 0.497 e. The Morgan fingerprint density at radius 3 is 2.11 bits per heavy atom. The summed E-state index contributed by atoms with van der Waals surface area (Å²) in [6.45, 7) is 4.12. The molecule has 2 rings (SSSR count). The maximum absolute atomic E-state index is 5.24. The van der Waals surface area contributed by atoms with Crippen molar-refractivity contribution in [1.82, 2.24) is 15.0 Å². The predicted octanol–water partition coefficient (Wildman–Crippen LogP) is 2.54. The molecule has 1 aromatic carbocycles. The van der Waals surface area contributed by atoms with Crippen LogP contribution in [0.15, 0.2) is 24.4 Å². The predicted molar refractivity (Wildman–Crippen MR) is 68.9 cm³/mol. The Morgan fingerprint density at radius 1 is 1.06 bits per heavy atom. The molecule has 0 radical (unpaired) electrons. The van der Waals surface area contributed by atoms with Crippen molar-refractivity contribution in [3.63, 3.8) is 0 Å². The average molecular weight is 247 g/mol. The van der Waals surface area contributed by atoms with Gasteiger partial charge in [0.25, 0.3) is 0 Å². The Balaban J connectivity index is 2.42. The van der Waals surface area contributed by atoms with Crippen LogP contribution >= 0.6 is 0 Å². The first-order valence-corrected chi connectivity index (χ1v) is 5.79. The van der Waals surface area contributed by atoms with Gasteiger partial charge in [-0.25, -0.2) is 4.68 Å². The van der Waals surface area contributed by atoms with Crippen molar-refractivity contribution in [2.45, 2.75) is 19.9 Å². The maximum atomic E-state index is 5.24. The number of aromatic nitrogens is 3. The van der Waals surface area contributed by atoms with Gasteiger partial charge in [0.15, 0.2) is 0 Å². The Bertz CT molecular complexity index is 513. The lowest BCUT2D eigenvalue weighted by molar-refractivity contribution is 0.394. The van der Waals surface area contributed by atoms with Crippen LogP contribution in [0.25, 0.3) is 11.3 Å². The third kappa shape index (κ3) is 2.45. The molecule has 0 spiro atoms. The smallest absolute Gasteiger partial charge is 0.123 e. The number of hydrogen-bond acceptors (Lipinski definition) is 4. The van der Waals surface area contributed by atoms with E-state index in [1.165, 1.54) is 0 Å². The second-order valence-electron chi connectivity index (χ2n) is 4.28. The summed E-state index contributed by atoms with van der Waals surface area (Å²) in [5.41, 5.74) is 1.74. The molecular weight excluding hydrogens is 230 g/mol. The molecule has 0 atom stereocenters. The van der Waals surface area contributed by atoms with Crippen LogP contribution in [-0.4, -0.2) is 29.2 Å². The number of rotatable bonds is 4. The van der Waals surface area contributed by atoms with Gasteiger partial charge >= 0.3 is 0 Å². The number of methoxy groups -OCH3 is 2. The standard InChI is InChI=1S/C13H17N3O2/c1-9(2)16-8-13(14-15-16)10-5-11(17-3)7-12(6-10)18-4/h5-9H,1-4H3. The topological polar surface area (TPSA) is 49.2 Å². The molecule has 2 aromatic rings. The fourth-order valence-electron chi connectivity index (χ4n) is 1.62. The molecule has 0 N–H and O–H groups in total. The third-order valence-electron chi connectivity index (χ3n) is 2.69. The van der Waals surface area contributed by atoms with E-state index < -0.39 is 0 Å². The average Bonchev–Trinajstić information content (AvgIpc) is 2.87. The zero-order chi connectivity index (χ0) is 13.1. The number of benzene rings is 1. The number of hydrogen-bond donors (Lipinski definition) is 0. The van der Waals surface area contributed by atoms with Crippen LogP contribution in [0, 0.1) is 0 Å². The van der Waals surface area contributed by atoms with Crippen LogP contribution in [0.3, 0.4) is 0 Å². The van der Waals surface area contributed by atoms with Crippen molar-refractivity contribution in [1.29, 1.82) is 0 Å². The molecule has 0 aliphatic rings. The zero-order valence-electron chi connectivity index (χ0n) is 11.0. The lowest BCUT2D eigenvalue weighted by Gasteiger charge is -2.06. The molecule has 18 heavy (non-hydrogen) atoms. The summed E-state index contributed by atoms with van der Waals surface area (Å²) in [7, 11) is 3.26. The summed E-state index contributed by atoms with van der Waals surface area (Å²) < 4.78 is 12.3. The molecule has 96 valence electrons. The minimum absolute atomic E-state index is 0.291. The van der Waals surface area contributed by atoms with Crippen LogP contribution in [0.1, 0.15) is 19.9 Å².